The molecule has 0 fully saturated rings. The highest BCUT2D eigenvalue weighted by molar-refractivity contribution is 6.33. The molecule has 1 aromatic carbocycles. The molecule has 0 N–H and O–H groups in total. The SMILES string of the molecule is COCCN(CCOC)C(=O)c1c(F)cccc1Cl. The van der Waals surface area contributed by atoms with Crippen LogP contribution in [-0.4, -0.2) is 51.3 Å². The number of carbonyl (C=O) groups excluding carboxylic acids is 1. The third-order valence-corrected chi connectivity index (χ3v) is 2.91. The molecular weight excluding hydrogens is 273 g/mol. The summed E-state index contributed by atoms with van der Waals surface area (Å²) in [6.45, 7) is 1.43. The zero-order valence-electron chi connectivity index (χ0n) is 11.0. The van der Waals surface area contributed by atoms with E-state index in [2.05, 4.69) is 0 Å². The Morgan fingerprint density at radius 3 is 2.32 bits per heavy atom. The highest BCUT2D eigenvalue weighted by atomic mass is 35.5. The van der Waals surface area contributed by atoms with Gasteiger partial charge in [0.25, 0.3) is 5.91 Å². The first-order valence-corrected chi connectivity index (χ1v) is 6.20. The van der Waals surface area contributed by atoms with Crippen LogP contribution in [-0.2, 0) is 9.47 Å². The fourth-order valence-corrected chi connectivity index (χ4v) is 1.82. The van der Waals surface area contributed by atoms with E-state index >= 15 is 0 Å². The molecule has 0 aromatic heterocycles. The van der Waals surface area contributed by atoms with Crippen LogP contribution >= 0.6 is 11.6 Å². The lowest BCUT2D eigenvalue weighted by Gasteiger charge is -2.22. The first-order chi connectivity index (χ1) is 9.11. The van der Waals surface area contributed by atoms with Gasteiger partial charge in [0.05, 0.1) is 23.8 Å². The van der Waals surface area contributed by atoms with E-state index in [0.29, 0.717) is 26.3 Å². The molecule has 4 nitrogen and oxygen atoms in total. The van der Waals surface area contributed by atoms with E-state index in [1.54, 1.807) is 0 Å². The van der Waals surface area contributed by atoms with Gasteiger partial charge in [-0.3, -0.25) is 4.79 Å². The standard InChI is InChI=1S/C13H17ClFNO3/c1-18-8-6-16(7-9-19-2)13(17)12-10(14)4-3-5-11(12)15/h3-5H,6-9H2,1-2H3. The molecule has 1 rings (SSSR count). The Hall–Kier alpha value is -1.17. The van der Waals surface area contributed by atoms with Crippen LogP contribution in [0.4, 0.5) is 4.39 Å². The lowest BCUT2D eigenvalue weighted by molar-refractivity contribution is 0.0623. The molecule has 0 aliphatic rings. The second-order valence-corrected chi connectivity index (χ2v) is 4.28. The van der Waals surface area contributed by atoms with E-state index in [0.717, 1.165) is 0 Å². The summed E-state index contributed by atoms with van der Waals surface area (Å²) in [6, 6.07) is 4.16. The molecular formula is C13H17ClFNO3. The molecule has 106 valence electrons. The van der Waals surface area contributed by atoms with Crippen molar-refractivity contribution in [2.24, 2.45) is 0 Å². The molecule has 6 heteroatoms. The van der Waals surface area contributed by atoms with E-state index in [9.17, 15) is 9.18 Å². The van der Waals surface area contributed by atoms with Gasteiger partial charge in [-0.25, -0.2) is 4.39 Å². The highest BCUT2D eigenvalue weighted by Gasteiger charge is 2.21. The van der Waals surface area contributed by atoms with Crippen molar-refractivity contribution < 1.29 is 18.7 Å². The van der Waals surface area contributed by atoms with Crippen molar-refractivity contribution in [3.63, 3.8) is 0 Å². The van der Waals surface area contributed by atoms with E-state index in [-0.39, 0.29) is 10.6 Å². The second kappa shape index (κ2) is 8.09. The molecule has 0 saturated carbocycles. The van der Waals surface area contributed by atoms with Gasteiger partial charge in [-0.1, -0.05) is 17.7 Å². The highest BCUT2D eigenvalue weighted by Crippen LogP contribution is 2.20. The molecule has 19 heavy (non-hydrogen) atoms. The fourth-order valence-electron chi connectivity index (χ4n) is 1.58. The third-order valence-electron chi connectivity index (χ3n) is 2.59. The molecule has 0 heterocycles. The van der Waals surface area contributed by atoms with Crippen LogP contribution in [0, 0.1) is 5.82 Å². The van der Waals surface area contributed by atoms with Gasteiger partial charge in [0.2, 0.25) is 0 Å². The number of benzene rings is 1. The summed E-state index contributed by atoms with van der Waals surface area (Å²) in [4.78, 5) is 13.7. The second-order valence-electron chi connectivity index (χ2n) is 3.87. The van der Waals surface area contributed by atoms with Crippen molar-refractivity contribution in [1.29, 1.82) is 0 Å². The molecule has 0 saturated heterocycles. The van der Waals surface area contributed by atoms with Crippen LogP contribution < -0.4 is 0 Å². The molecule has 0 unspecified atom stereocenters. The Balaban J connectivity index is 2.91. The maximum absolute atomic E-state index is 13.7. The van der Waals surface area contributed by atoms with Crippen molar-refractivity contribution in [2.45, 2.75) is 0 Å². The minimum Gasteiger partial charge on any atom is -0.383 e. The summed E-state index contributed by atoms with van der Waals surface area (Å²) >= 11 is 5.89. The Morgan fingerprint density at radius 1 is 1.26 bits per heavy atom. The molecule has 0 atom stereocenters. The van der Waals surface area contributed by atoms with Gasteiger partial charge in [0, 0.05) is 27.3 Å². The van der Waals surface area contributed by atoms with Crippen LogP contribution in [0.25, 0.3) is 0 Å². The first-order valence-electron chi connectivity index (χ1n) is 5.83. The van der Waals surface area contributed by atoms with Crippen LogP contribution in [0.1, 0.15) is 10.4 Å². The monoisotopic (exact) mass is 289 g/mol. The Kier molecular flexibility index (Phi) is 6.77. The van der Waals surface area contributed by atoms with E-state index in [1.165, 1.54) is 37.3 Å². The normalized spacial score (nSPS) is 10.5. The molecule has 0 bridgehead atoms. The topological polar surface area (TPSA) is 38.8 Å². The van der Waals surface area contributed by atoms with Crippen LogP contribution in [0.5, 0.6) is 0 Å². The molecule has 0 radical (unpaired) electrons. The number of nitrogens with zero attached hydrogens (tertiary/aromatic N) is 1. The predicted octanol–water partition coefficient (Wildman–Crippen LogP) is 2.21. The average molecular weight is 290 g/mol. The largest absolute Gasteiger partial charge is 0.383 e. The number of hydrogen-bond donors (Lipinski definition) is 0. The maximum atomic E-state index is 13.7. The number of amides is 1. The summed E-state index contributed by atoms with van der Waals surface area (Å²) in [7, 11) is 3.07. The minimum absolute atomic E-state index is 0.102. The molecule has 1 aromatic rings. The summed E-state index contributed by atoms with van der Waals surface area (Å²) in [5.41, 5.74) is -0.114. The van der Waals surface area contributed by atoms with Gasteiger partial charge in [-0.15, -0.1) is 0 Å². The summed E-state index contributed by atoms with van der Waals surface area (Å²) in [5.74, 6) is -1.09. The van der Waals surface area contributed by atoms with Gasteiger partial charge >= 0.3 is 0 Å². The molecule has 0 aliphatic heterocycles. The smallest absolute Gasteiger partial charge is 0.258 e. The van der Waals surface area contributed by atoms with Crippen LogP contribution in [0.15, 0.2) is 18.2 Å². The average Bonchev–Trinajstić information content (AvgIpc) is 2.38. The van der Waals surface area contributed by atoms with Gasteiger partial charge in [0.1, 0.15) is 5.82 Å². The van der Waals surface area contributed by atoms with Crippen LogP contribution in [0.3, 0.4) is 0 Å². The quantitative estimate of drug-likeness (QED) is 0.772. The number of hydrogen-bond acceptors (Lipinski definition) is 3. The third kappa shape index (κ3) is 4.45. The van der Waals surface area contributed by atoms with Crippen molar-refractivity contribution in [1.82, 2.24) is 4.90 Å². The van der Waals surface area contributed by atoms with Crippen molar-refractivity contribution >= 4 is 17.5 Å². The number of ether oxygens (including phenoxy) is 2. The fraction of sp³-hybridized carbons (Fsp3) is 0.462. The van der Waals surface area contributed by atoms with Crippen LogP contribution in [0.2, 0.25) is 5.02 Å². The van der Waals surface area contributed by atoms with Gasteiger partial charge in [0.15, 0.2) is 0 Å². The van der Waals surface area contributed by atoms with E-state index in [4.69, 9.17) is 21.1 Å². The Bertz CT molecular complexity index is 400. The zero-order chi connectivity index (χ0) is 14.3. The Morgan fingerprint density at radius 2 is 1.84 bits per heavy atom. The summed E-state index contributed by atoms with van der Waals surface area (Å²) in [6.07, 6.45) is 0. The zero-order valence-corrected chi connectivity index (χ0v) is 11.7. The summed E-state index contributed by atoms with van der Waals surface area (Å²) < 4.78 is 23.6. The van der Waals surface area contributed by atoms with E-state index in [1.807, 2.05) is 0 Å². The first kappa shape index (κ1) is 15.9. The maximum Gasteiger partial charge on any atom is 0.258 e. The number of rotatable bonds is 7. The predicted molar refractivity (Wildman–Crippen MR) is 71.1 cm³/mol. The Labute approximate surface area is 117 Å². The summed E-state index contributed by atoms with van der Waals surface area (Å²) in [5, 5.41) is 0.102. The van der Waals surface area contributed by atoms with Gasteiger partial charge in [-0.2, -0.15) is 0 Å². The van der Waals surface area contributed by atoms with Crippen molar-refractivity contribution in [3.8, 4) is 0 Å². The van der Waals surface area contributed by atoms with Crippen molar-refractivity contribution in [2.75, 3.05) is 40.5 Å². The number of carbonyl (C=O) groups is 1. The van der Waals surface area contributed by atoms with Gasteiger partial charge in [-0.05, 0) is 12.1 Å². The minimum atomic E-state index is -0.627. The molecule has 0 spiro atoms. The number of methoxy groups -OCH3 is 2. The molecule has 0 aliphatic carbocycles. The number of halogens is 2. The lowest BCUT2D eigenvalue weighted by Crippen LogP contribution is -2.37. The van der Waals surface area contributed by atoms with Crippen molar-refractivity contribution in [3.05, 3.63) is 34.6 Å². The lowest BCUT2D eigenvalue weighted by atomic mass is 10.2. The molecule has 1 amide bonds. The van der Waals surface area contributed by atoms with E-state index < -0.39 is 11.7 Å². The van der Waals surface area contributed by atoms with Gasteiger partial charge < -0.3 is 14.4 Å².